The molecule has 0 spiro atoms. The Bertz CT molecular complexity index is 2040. The summed E-state index contributed by atoms with van der Waals surface area (Å²) in [5, 5.41) is 2.25. The van der Waals surface area contributed by atoms with Crippen LogP contribution in [0.25, 0.3) is 53.9 Å². The van der Waals surface area contributed by atoms with Gasteiger partial charge in [-0.25, -0.2) is 0 Å². The third-order valence-electron chi connectivity index (χ3n) is 7.75. The molecule has 0 fully saturated rings. The predicted molar refractivity (Wildman–Crippen MR) is 171 cm³/mol. The second kappa shape index (κ2) is 9.15. The van der Waals surface area contributed by atoms with E-state index >= 15 is 0 Å². The van der Waals surface area contributed by atoms with Crippen molar-refractivity contribution in [2.45, 2.75) is 52.4 Å². The Labute approximate surface area is 244 Å². The lowest BCUT2D eigenvalue weighted by Crippen LogP contribution is -2.11. The molecule has 0 aliphatic heterocycles. The first-order valence-electron chi connectivity index (χ1n) is 14.0. The summed E-state index contributed by atoms with van der Waals surface area (Å²) in [5.74, 6) is 1.56. The van der Waals surface area contributed by atoms with E-state index in [9.17, 15) is 0 Å². The van der Waals surface area contributed by atoms with Crippen LogP contribution in [0.3, 0.4) is 0 Å². The van der Waals surface area contributed by atoms with Gasteiger partial charge >= 0.3 is 0 Å². The summed E-state index contributed by atoms with van der Waals surface area (Å²) in [6.07, 6.45) is 3.86. The van der Waals surface area contributed by atoms with Gasteiger partial charge in [-0.3, -0.25) is 9.97 Å². The van der Waals surface area contributed by atoms with Crippen LogP contribution in [0.4, 0.5) is 0 Å². The van der Waals surface area contributed by atoms with Gasteiger partial charge < -0.3 is 9.15 Å². The van der Waals surface area contributed by atoms with Crippen LogP contribution >= 0.6 is 11.3 Å². The van der Waals surface area contributed by atoms with Gasteiger partial charge in [-0.15, -0.1) is 11.3 Å². The monoisotopic (exact) mass is 556 g/mol. The van der Waals surface area contributed by atoms with Crippen molar-refractivity contribution in [1.82, 2.24) is 9.97 Å². The molecule has 41 heavy (non-hydrogen) atoms. The summed E-state index contributed by atoms with van der Waals surface area (Å²) in [6, 6.07) is 25.0. The zero-order valence-electron chi connectivity index (χ0n) is 24.2. The van der Waals surface area contributed by atoms with Crippen LogP contribution in [0, 0.1) is 0 Å². The van der Waals surface area contributed by atoms with Gasteiger partial charge in [-0.2, -0.15) is 0 Å². The minimum Gasteiger partial charge on any atom is -0.456 e. The van der Waals surface area contributed by atoms with Crippen molar-refractivity contribution < 1.29 is 9.15 Å². The maximum Gasteiger partial charge on any atom is 0.146 e. The summed E-state index contributed by atoms with van der Waals surface area (Å²) in [6.45, 7) is 13.3. The molecule has 7 aromatic rings. The molecule has 0 N–H and O–H groups in total. The third kappa shape index (κ3) is 4.45. The first kappa shape index (κ1) is 25.7. The van der Waals surface area contributed by atoms with E-state index < -0.39 is 0 Å². The second-order valence-corrected chi connectivity index (χ2v) is 13.8. The molecule has 4 nitrogen and oxygen atoms in total. The van der Waals surface area contributed by atoms with Crippen LogP contribution in [-0.4, -0.2) is 9.97 Å². The molecule has 0 bridgehead atoms. The summed E-state index contributed by atoms with van der Waals surface area (Å²) in [7, 11) is 0. The Balaban J connectivity index is 1.36. The molecular formula is C36H32N2O2S. The second-order valence-electron chi connectivity index (χ2n) is 12.8. The van der Waals surface area contributed by atoms with Crippen LogP contribution in [0.5, 0.6) is 11.5 Å². The van der Waals surface area contributed by atoms with E-state index in [1.165, 1.54) is 15.8 Å². The highest BCUT2D eigenvalue weighted by molar-refractivity contribution is 7.26. The van der Waals surface area contributed by atoms with Crippen molar-refractivity contribution in [3.05, 3.63) is 96.3 Å². The van der Waals surface area contributed by atoms with Crippen molar-refractivity contribution in [3.8, 4) is 34.0 Å². The highest BCUT2D eigenvalue weighted by Gasteiger charge is 2.25. The van der Waals surface area contributed by atoms with Crippen LogP contribution < -0.4 is 4.74 Å². The van der Waals surface area contributed by atoms with Crippen molar-refractivity contribution in [3.63, 3.8) is 0 Å². The molecule has 5 heteroatoms. The quantitative estimate of drug-likeness (QED) is 0.216. The molecule has 0 aliphatic carbocycles. The number of aromatic nitrogens is 2. The fourth-order valence-corrected chi connectivity index (χ4v) is 6.54. The largest absolute Gasteiger partial charge is 0.456 e. The Morgan fingerprint density at radius 1 is 0.732 bits per heavy atom. The number of rotatable bonds is 4. The summed E-state index contributed by atoms with van der Waals surface area (Å²) in [4.78, 5) is 9.55. The molecule has 0 unspecified atom stereocenters. The molecule has 0 atom stereocenters. The predicted octanol–water partition coefficient (Wildman–Crippen LogP) is 10.7. The van der Waals surface area contributed by atoms with Gasteiger partial charge in [0.2, 0.25) is 0 Å². The molecule has 7 rings (SSSR count). The number of thiophene rings is 1. The molecule has 3 aromatic carbocycles. The highest BCUT2D eigenvalue weighted by atomic mass is 32.1. The first-order chi connectivity index (χ1) is 19.6. The van der Waals surface area contributed by atoms with Crippen molar-refractivity contribution in [1.29, 1.82) is 0 Å². The molecule has 4 heterocycles. The van der Waals surface area contributed by atoms with Gasteiger partial charge in [0, 0.05) is 33.6 Å². The lowest BCUT2D eigenvalue weighted by atomic mass is 9.87. The van der Waals surface area contributed by atoms with E-state index in [0.717, 1.165) is 60.7 Å². The molecular weight excluding hydrogens is 524 g/mol. The number of benzene rings is 3. The van der Waals surface area contributed by atoms with Gasteiger partial charge in [-0.05, 0) is 70.5 Å². The number of nitrogens with zero attached hydrogens (tertiary/aromatic N) is 2. The van der Waals surface area contributed by atoms with E-state index in [4.69, 9.17) is 19.1 Å². The molecule has 0 saturated carbocycles. The Hall–Kier alpha value is -4.22. The smallest absolute Gasteiger partial charge is 0.146 e. The summed E-state index contributed by atoms with van der Waals surface area (Å²) in [5.41, 5.74) is 7.99. The lowest BCUT2D eigenvalue weighted by Gasteiger charge is -2.19. The van der Waals surface area contributed by atoms with Crippen molar-refractivity contribution in [2.75, 3.05) is 0 Å². The molecule has 0 saturated heterocycles. The van der Waals surface area contributed by atoms with Gasteiger partial charge in [-0.1, -0.05) is 65.8 Å². The van der Waals surface area contributed by atoms with Crippen LogP contribution in [-0.2, 0) is 10.8 Å². The van der Waals surface area contributed by atoms with E-state index in [2.05, 4.69) is 96.1 Å². The third-order valence-corrected chi connectivity index (χ3v) is 8.92. The van der Waals surface area contributed by atoms with E-state index in [0.29, 0.717) is 0 Å². The first-order valence-corrected chi connectivity index (χ1v) is 14.8. The summed E-state index contributed by atoms with van der Waals surface area (Å²) < 4.78 is 15.4. The van der Waals surface area contributed by atoms with Crippen LogP contribution in [0.1, 0.15) is 52.7 Å². The number of hydrogen-bond donors (Lipinski definition) is 0. The normalized spacial score (nSPS) is 12.6. The molecule has 0 amide bonds. The Kier molecular flexibility index (Phi) is 5.74. The Morgan fingerprint density at radius 2 is 1.54 bits per heavy atom. The van der Waals surface area contributed by atoms with E-state index in [-0.39, 0.29) is 10.8 Å². The fourth-order valence-electron chi connectivity index (χ4n) is 5.37. The van der Waals surface area contributed by atoms with Gasteiger partial charge in [0.15, 0.2) is 0 Å². The topological polar surface area (TPSA) is 48.2 Å². The lowest BCUT2D eigenvalue weighted by molar-refractivity contribution is 0.489. The SMILES string of the molecule is CC(C)(C)c1ccc(-c2cccc(Oc3cc(-c4cc(C(C)(C)C)ccn4)c4oc5cccc6sc3c4c56)c2)nc1. The van der Waals surface area contributed by atoms with Crippen LogP contribution in [0.2, 0.25) is 0 Å². The summed E-state index contributed by atoms with van der Waals surface area (Å²) >= 11 is 1.74. The molecule has 0 radical (unpaired) electrons. The van der Waals surface area contributed by atoms with E-state index in [1.54, 1.807) is 11.3 Å². The number of pyridine rings is 2. The fraction of sp³-hybridized carbons (Fsp3) is 0.222. The van der Waals surface area contributed by atoms with Crippen molar-refractivity contribution >= 4 is 42.7 Å². The average Bonchev–Trinajstić information content (AvgIpc) is 3.54. The average molecular weight is 557 g/mol. The zero-order valence-corrected chi connectivity index (χ0v) is 25.0. The van der Waals surface area contributed by atoms with Crippen molar-refractivity contribution in [2.24, 2.45) is 0 Å². The number of hydrogen-bond acceptors (Lipinski definition) is 5. The standard InChI is InChI=1S/C36H32N2O2S/c1-35(2,3)22-15-16-37-27(18-22)25-19-29(34-32-31-28(40-33(25)32)11-8-12-30(31)41-34)39-24-10-7-9-21(17-24)26-14-13-23(20-38-26)36(4,5)6/h7-20H,1-6H3. The number of ether oxygens (including phenoxy) is 1. The van der Waals surface area contributed by atoms with Gasteiger partial charge in [0.1, 0.15) is 22.7 Å². The maximum absolute atomic E-state index is 6.70. The minimum absolute atomic E-state index is 0.000487. The van der Waals surface area contributed by atoms with E-state index in [1.807, 2.05) is 30.6 Å². The maximum atomic E-state index is 6.70. The minimum atomic E-state index is 0.000487. The number of furan rings is 1. The highest BCUT2D eigenvalue weighted by Crippen LogP contribution is 2.50. The van der Waals surface area contributed by atoms with Gasteiger partial charge in [0.05, 0.1) is 21.5 Å². The van der Waals surface area contributed by atoms with Crippen LogP contribution in [0.15, 0.2) is 89.6 Å². The van der Waals surface area contributed by atoms with Gasteiger partial charge in [0.25, 0.3) is 0 Å². The Morgan fingerprint density at radius 3 is 2.29 bits per heavy atom. The zero-order chi connectivity index (χ0) is 28.5. The molecule has 0 aliphatic rings. The molecule has 204 valence electrons. The molecule has 4 aromatic heterocycles.